The maximum atomic E-state index is 11.4. The molecule has 0 saturated carbocycles. The van der Waals surface area contributed by atoms with Crippen LogP contribution in [-0.4, -0.2) is 51.6 Å². The second kappa shape index (κ2) is 5.33. The van der Waals surface area contributed by atoms with Gasteiger partial charge < -0.3 is 14.7 Å². The fraction of sp³-hybridized carbons (Fsp3) is 0.800. The molecule has 0 aromatic carbocycles. The van der Waals surface area contributed by atoms with Crippen LogP contribution < -0.4 is 0 Å². The molecular formula is C15H26BrN3O2. The molecule has 2 rings (SSSR count). The minimum absolute atomic E-state index is 0.367. The lowest BCUT2D eigenvalue weighted by atomic mass is 9.80. The molecule has 21 heavy (non-hydrogen) atoms. The molecule has 1 aliphatic heterocycles. The van der Waals surface area contributed by atoms with Crippen molar-refractivity contribution in [2.24, 2.45) is 0 Å². The lowest BCUT2D eigenvalue weighted by Gasteiger charge is -2.35. The Morgan fingerprint density at radius 3 is 2.48 bits per heavy atom. The molecule has 120 valence electrons. The largest absolute Gasteiger partial charge is 0.380 e. The third-order valence-corrected chi connectivity index (χ3v) is 4.73. The van der Waals surface area contributed by atoms with Crippen LogP contribution in [0.1, 0.15) is 39.8 Å². The van der Waals surface area contributed by atoms with Gasteiger partial charge in [-0.25, -0.2) is 0 Å². The highest BCUT2D eigenvalue weighted by atomic mass is 79.9. The Hall–Kier alpha value is -0.430. The van der Waals surface area contributed by atoms with Gasteiger partial charge in [0, 0.05) is 13.0 Å². The number of nitrogens with zero attached hydrogens (tertiary/aromatic N) is 3. The first-order valence-corrected chi connectivity index (χ1v) is 8.07. The number of halogens is 1. The molecule has 0 bridgehead atoms. The Bertz CT molecular complexity index is 525. The minimum atomic E-state index is -1.07. The molecule has 1 atom stereocenters. The summed E-state index contributed by atoms with van der Waals surface area (Å²) in [6.07, 6.45) is 2.30. The molecule has 0 aliphatic carbocycles. The number of aliphatic hydroxyl groups is 1. The quantitative estimate of drug-likeness (QED) is 0.896. The van der Waals surface area contributed by atoms with E-state index in [2.05, 4.69) is 25.9 Å². The zero-order chi connectivity index (χ0) is 16.1. The number of aromatic nitrogens is 2. The summed E-state index contributed by atoms with van der Waals surface area (Å²) in [5, 5.41) is 15.8. The van der Waals surface area contributed by atoms with Gasteiger partial charge in [-0.05, 0) is 57.7 Å². The van der Waals surface area contributed by atoms with Gasteiger partial charge in [0.05, 0.1) is 34.1 Å². The number of likely N-dealkylation sites (N-methyl/N-ethyl adjacent to an activating group) is 1. The molecule has 1 unspecified atom stereocenters. The minimum Gasteiger partial charge on any atom is -0.380 e. The third kappa shape index (κ3) is 3.04. The van der Waals surface area contributed by atoms with Crippen LogP contribution in [0.25, 0.3) is 0 Å². The van der Waals surface area contributed by atoms with Crippen molar-refractivity contribution in [3.05, 3.63) is 16.4 Å². The molecule has 1 fully saturated rings. The molecule has 0 radical (unpaired) electrons. The van der Waals surface area contributed by atoms with E-state index >= 15 is 0 Å². The maximum Gasteiger partial charge on any atom is 0.138 e. The Kier molecular flexibility index (Phi) is 4.30. The van der Waals surface area contributed by atoms with Gasteiger partial charge in [0.25, 0.3) is 0 Å². The third-order valence-electron chi connectivity index (χ3n) is 4.15. The van der Waals surface area contributed by atoms with Crippen molar-refractivity contribution in [1.29, 1.82) is 0 Å². The van der Waals surface area contributed by atoms with Crippen molar-refractivity contribution in [3.63, 3.8) is 0 Å². The first kappa shape index (κ1) is 16.9. The SMILES string of the molecule is CN(C)CCn1ncc(Br)c1C1(O)CC(C)(C)OC1(C)C. The molecule has 0 spiro atoms. The molecule has 5 nitrogen and oxygen atoms in total. The van der Waals surface area contributed by atoms with Crippen LogP contribution in [0.5, 0.6) is 0 Å². The average molecular weight is 360 g/mol. The van der Waals surface area contributed by atoms with Gasteiger partial charge >= 0.3 is 0 Å². The van der Waals surface area contributed by atoms with E-state index in [1.165, 1.54) is 0 Å². The lowest BCUT2D eigenvalue weighted by Crippen LogP contribution is -2.45. The average Bonchev–Trinajstić information content (AvgIpc) is 2.72. The van der Waals surface area contributed by atoms with Gasteiger partial charge in [-0.15, -0.1) is 0 Å². The van der Waals surface area contributed by atoms with Crippen molar-refractivity contribution >= 4 is 15.9 Å². The predicted octanol–water partition coefficient (Wildman–Crippen LogP) is 2.37. The maximum absolute atomic E-state index is 11.4. The number of hydrogen-bond donors (Lipinski definition) is 1. The molecule has 6 heteroatoms. The van der Waals surface area contributed by atoms with Gasteiger partial charge in [0.15, 0.2) is 0 Å². The summed E-state index contributed by atoms with van der Waals surface area (Å²) in [5.41, 5.74) is -1.30. The van der Waals surface area contributed by atoms with E-state index in [0.717, 1.165) is 23.3 Å². The van der Waals surface area contributed by atoms with Crippen LogP contribution in [0, 0.1) is 0 Å². The van der Waals surface area contributed by atoms with Gasteiger partial charge in [-0.2, -0.15) is 5.10 Å². The van der Waals surface area contributed by atoms with Crippen molar-refractivity contribution in [3.8, 4) is 0 Å². The molecule has 1 N–H and O–H groups in total. The van der Waals surface area contributed by atoms with Gasteiger partial charge in [-0.3, -0.25) is 4.68 Å². The molecular weight excluding hydrogens is 334 g/mol. The van der Waals surface area contributed by atoms with Crippen LogP contribution in [0.2, 0.25) is 0 Å². The zero-order valence-corrected chi connectivity index (χ0v) is 15.4. The standard InChI is InChI=1S/C15H26BrN3O2/c1-13(2)10-15(20,14(3,4)21-13)12-11(16)9-17-19(12)8-7-18(5)6/h9,20H,7-8,10H2,1-6H3. The summed E-state index contributed by atoms with van der Waals surface area (Å²) in [6.45, 7) is 9.51. The van der Waals surface area contributed by atoms with Crippen molar-refractivity contribution < 1.29 is 9.84 Å². The summed E-state index contributed by atoms with van der Waals surface area (Å²) < 4.78 is 8.81. The Balaban J connectivity index is 2.43. The molecule has 1 saturated heterocycles. The predicted molar refractivity (Wildman–Crippen MR) is 86.2 cm³/mol. The van der Waals surface area contributed by atoms with Crippen LogP contribution >= 0.6 is 15.9 Å². The smallest absolute Gasteiger partial charge is 0.138 e. The lowest BCUT2D eigenvalue weighted by molar-refractivity contribution is -0.132. The second-order valence-electron chi connectivity index (χ2n) is 7.28. The Labute approximate surface area is 135 Å². The van der Waals surface area contributed by atoms with E-state index in [1.54, 1.807) is 6.20 Å². The second-order valence-corrected chi connectivity index (χ2v) is 8.13. The normalized spacial score (nSPS) is 27.5. The molecule has 1 aromatic rings. The highest BCUT2D eigenvalue weighted by Gasteiger charge is 2.59. The van der Waals surface area contributed by atoms with E-state index in [4.69, 9.17) is 4.74 Å². The first-order valence-electron chi connectivity index (χ1n) is 7.28. The molecule has 2 heterocycles. The van der Waals surface area contributed by atoms with Crippen LogP contribution in [0.15, 0.2) is 10.7 Å². The Morgan fingerprint density at radius 1 is 1.38 bits per heavy atom. The zero-order valence-electron chi connectivity index (χ0n) is 13.8. The van der Waals surface area contributed by atoms with Gasteiger partial charge in [0.2, 0.25) is 0 Å². The van der Waals surface area contributed by atoms with Crippen molar-refractivity contribution in [2.75, 3.05) is 20.6 Å². The van der Waals surface area contributed by atoms with Crippen molar-refractivity contribution in [1.82, 2.24) is 14.7 Å². The number of ether oxygens (including phenoxy) is 1. The molecule has 0 amide bonds. The highest BCUT2D eigenvalue weighted by Crippen LogP contribution is 2.52. The van der Waals surface area contributed by atoms with E-state index < -0.39 is 11.2 Å². The van der Waals surface area contributed by atoms with Crippen LogP contribution in [-0.2, 0) is 16.9 Å². The summed E-state index contributed by atoms with van der Waals surface area (Å²) >= 11 is 3.55. The van der Waals surface area contributed by atoms with Crippen molar-refractivity contribution in [2.45, 2.75) is 57.5 Å². The summed E-state index contributed by atoms with van der Waals surface area (Å²) in [7, 11) is 4.05. The number of rotatable bonds is 4. The topological polar surface area (TPSA) is 50.5 Å². The summed E-state index contributed by atoms with van der Waals surface area (Å²) in [6, 6.07) is 0. The van der Waals surface area contributed by atoms with Crippen LogP contribution in [0.3, 0.4) is 0 Å². The van der Waals surface area contributed by atoms with E-state index in [9.17, 15) is 5.11 Å². The summed E-state index contributed by atoms with van der Waals surface area (Å²) in [5.74, 6) is 0. The van der Waals surface area contributed by atoms with E-state index in [0.29, 0.717) is 6.42 Å². The summed E-state index contributed by atoms with van der Waals surface area (Å²) in [4.78, 5) is 2.10. The Morgan fingerprint density at radius 2 is 2.00 bits per heavy atom. The van der Waals surface area contributed by atoms with Gasteiger partial charge in [-0.1, -0.05) is 0 Å². The first-order chi connectivity index (χ1) is 9.48. The van der Waals surface area contributed by atoms with Gasteiger partial charge in [0.1, 0.15) is 5.60 Å². The van der Waals surface area contributed by atoms with Crippen LogP contribution in [0.4, 0.5) is 0 Å². The fourth-order valence-electron chi connectivity index (χ4n) is 3.25. The van der Waals surface area contributed by atoms with E-state index in [-0.39, 0.29) is 5.60 Å². The highest BCUT2D eigenvalue weighted by molar-refractivity contribution is 9.10. The number of hydrogen-bond acceptors (Lipinski definition) is 4. The monoisotopic (exact) mass is 359 g/mol. The molecule has 1 aromatic heterocycles. The fourth-order valence-corrected chi connectivity index (χ4v) is 3.87. The van der Waals surface area contributed by atoms with E-state index in [1.807, 2.05) is 46.5 Å². The molecule has 1 aliphatic rings.